The van der Waals surface area contributed by atoms with E-state index in [-0.39, 0.29) is 5.56 Å². The number of thiazole rings is 1. The molecule has 0 atom stereocenters. The lowest BCUT2D eigenvalue weighted by Crippen LogP contribution is -2.23. The maximum Gasteiger partial charge on any atom is 0.291 e. The van der Waals surface area contributed by atoms with Crippen molar-refractivity contribution in [2.45, 2.75) is 0 Å². The summed E-state index contributed by atoms with van der Waals surface area (Å²) in [6.07, 6.45) is 3.30. The Kier molecular flexibility index (Phi) is 3.73. The topological polar surface area (TPSA) is 78.9 Å². The van der Waals surface area contributed by atoms with Crippen LogP contribution in [0.1, 0.15) is 5.56 Å². The summed E-state index contributed by atoms with van der Waals surface area (Å²) in [7, 11) is 3.16. The van der Waals surface area contributed by atoms with Gasteiger partial charge in [0.1, 0.15) is 11.5 Å². The molecule has 0 saturated carbocycles. The molecule has 0 spiro atoms. The van der Waals surface area contributed by atoms with Gasteiger partial charge in [0.2, 0.25) is 10.8 Å². The Labute approximate surface area is 145 Å². The van der Waals surface area contributed by atoms with Crippen molar-refractivity contribution in [1.29, 1.82) is 0 Å². The molecule has 0 amide bonds. The molecule has 0 bridgehead atoms. The first kappa shape index (κ1) is 15.4. The predicted molar refractivity (Wildman–Crippen MR) is 93.2 cm³/mol. The van der Waals surface area contributed by atoms with Crippen LogP contribution in [0.25, 0.3) is 22.6 Å². The fourth-order valence-electron chi connectivity index (χ4n) is 2.42. The van der Waals surface area contributed by atoms with Gasteiger partial charge in [-0.1, -0.05) is 11.3 Å². The zero-order valence-corrected chi connectivity index (χ0v) is 14.2. The first-order valence-corrected chi connectivity index (χ1v) is 8.18. The lowest BCUT2D eigenvalue weighted by Gasteiger charge is -2.06. The molecule has 0 aliphatic rings. The van der Waals surface area contributed by atoms with Gasteiger partial charge in [0.05, 0.1) is 25.0 Å². The normalized spacial score (nSPS) is 12.0. The molecular weight excluding hydrogens is 342 g/mol. The lowest BCUT2D eigenvalue weighted by atomic mass is 10.2. The molecule has 0 aliphatic heterocycles. The number of benzene rings is 1. The number of nitrogens with zero attached hydrogens (tertiary/aromatic N) is 3. The van der Waals surface area contributed by atoms with Gasteiger partial charge >= 0.3 is 0 Å². The molecule has 8 heteroatoms. The van der Waals surface area contributed by atoms with E-state index in [1.165, 1.54) is 22.1 Å². The van der Waals surface area contributed by atoms with Crippen LogP contribution < -0.4 is 19.6 Å². The van der Waals surface area contributed by atoms with Gasteiger partial charge in [0.15, 0.2) is 5.76 Å². The van der Waals surface area contributed by atoms with E-state index < -0.39 is 0 Å². The molecule has 0 aliphatic carbocycles. The summed E-state index contributed by atoms with van der Waals surface area (Å²) in [6.45, 7) is 0. The Bertz CT molecular complexity index is 1140. The highest BCUT2D eigenvalue weighted by Crippen LogP contribution is 2.25. The van der Waals surface area contributed by atoms with E-state index >= 15 is 0 Å². The van der Waals surface area contributed by atoms with Gasteiger partial charge in [-0.25, -0.2) is 0 Å². The van der Waals surface area contributed by atoms with Gasteiger partial charge < -0.3 is 13.9 Å². The van der Waals surface area contributed by atoms with Crippen LogP contribution in [-0.4, -0.2) is 28.8 Å². The van der Waals surface area contributed by atoms with Crippen LogP contribution in [0.15, 0.2) is 45.8 Å². The lowest BCUT2D eigenvalue weighted by molar-refractivity contribution is 0.393. The molecule has 1 aromatic carbocycles. The van der Waals surface area contributed by atoms with Gasteiger partial charge in [-0.15, -0.1) is 5.10 Å². The highest BCUT2D eigenvalue weighted by atomic mass is 32.1. The number of hydrogen-bond acceptors (Lipinski definition) is 7. The number of methoxy groups -OCH3 is 2. The standard InChI is InChI=1S/C17H13N3O4S/c1-22-11-6-5-10(13(9-11)23-2)8-14-16(21)20-17(25-14)18-15(19-20)12-4-3-7-24-12/h3-9H,1-2H3/b14-8+. The van der Waals surface area contributed by atoms with E-state index in [1.807, 2.05) is 12.1 Å². The molecule has 3 aromatic heterocycles. The second-order valence-corrected chi connectivity index (χ2v) is 6.14. The van der Waals surface area contributed by atoms with Gasteiger partial charge in [0.25, 0.3) is 5.56 Å². The third-order valence-corrected chi connectivity index (χ3v) is 4.61. The largest absolute Gasteiger partial charge is 0.497 e. The zero-order chi connectivity index (χ0) is 17.4. The Morgan fingerprint density at radius 1 is 1.24 bits per heavy atom. The SMILES string of the molecule is COc1ccc(/C=c2/sc3nc(-c4ccco4)nn3c2=O)c(OC)c1. The summed E-state index contributed by atoms with van der Waals surface area (Å²) in [5.74, 6) is 2.22. The van der Waals surface area contributed by atoms with E-state index in [9.17, 15) is 4.79 Å². The van der Waals surface area contributed by atoms with E-state index in [1.54, 1.807) is 38.5 Å². The van der Waals surface area contributed by atoms with Crippen molar-refractivity contribution < 1.29 is 13.9 Å². The van der Waals surface area contributed by atoms with Crippen LogP contribution in [0.4, 0.5) is 0 Å². The maximum atomic E-state index is 12.6. The average molecular weight is 355 g/mol. The molecule has 0 unspecified atom stereocenters. The fraction of sp³-hybridized carbons (Fsp3) is 0.118. The molecular formula is C17H13N3O4S. The van der Waals surface area contributed by atoms with E-state index in [4.69, 9.17) is 13.9 Å². The van der Waals surface area contributed by atoms with E-state index in [0.717, 1.165) is 5.56 Å². The molecule has 0 saturated heterocycles. The second kappa shape index (κ2) is 6.06. The fourth-order valence-corrected chi connectivity index (χ4v) is 3.32. The van der Waals surface area contributed by atoms with Gasteiger partial charge in [0, 0.05) is 11.6 Å². The van der Waals surface area contributed by atoms with Crippen molar-refractivity contribution >= 4 is 22.4 Å². The number of hydrogen-bond donors (Lipinski definition) is 0. The zero-order valence-electron chi connectivity index (χ0n) is 13.4. The van der Waals surface area contributed by atoms with Crippen LogP contribution in [0.5, 0.6) is 11.5 Å². The maximum absolute atomic E-state index is 12.6. The van der Waals surface area contributed by atoms with Crippen molar-refractivity contribution in [3.63, 3.8) is 0 Å². The van der Waals surface area contributed by atoms with Crippen LogP contribution in [-0.2, 0) is 0 Å². The van der Waals surface area contributed by atoms with Crippen molar-refractivity contribution in [3.8, 4) is 23.1 Å². The van der Waals surface area contributed by atoms with Crippen LogP contribution in [0, 0.1) is 0 Å². The first-order valence-electron chi connectivity index (χ1n) is 7.37. The number of fused-ring (bicyclic) bond motifs is 1. The van der Waals surface area contributed by atoms with Crippen LogP contribution >= 0.6 is 11.3 Å². The molecule has 4 aromatic rings. The third-order valence-electron chi connectivity index (χ3n) is 3.65. The summed E-state index contributed by atoms with van der Waals surface area (Å²) >= 11 is 1.26. The molecule has 0 fully saturated rings. The number of aromatic nitrogens is 3. The molecule has 25 heavy (non-hydrogen) atoms. The summed E-state index contributed by atoms with van der Waals surface area (Å²) < 4.78 is 17.6. The quantitative estimate of drug-likeness (QED) is 0.557. The minimum atomic E-state index is -0.233. The number of ether oxygens (including phenoxy) is 2. The monoisotopic (exact) mass is 355 g/mol. The van der Waals surface area contributed by atoms with Crippen molar-refractivity contribution in [1.82, 2.24) is 14.6 Å². The highest BCUT2D eigenvalue weighted by molar-refractivity contribution is 7.15. The first-order chi connectivity index (χ1) is 12.2. The highest BCUT2D eigenvalue weighted by Gasteiger charge is 2.14. The Morgan fingerprint density at radius 3 is 2.80 bits per heavy atom. The molecule has 7 nitrogen and oxygen atoms in total. The average Bonchev–Trinajstić information content (AvgIpc) is 3.34. The summed E-state index contributed by atoms with van der Waals surface area (Å²) in [6, 6.07) is 8.91. The number of rotatable bonds is 4. The third kappa shape index (κ3) is 2.66. The summed E-state index contributed by atoms with van der Waals surface area (Å²) in [5, 5.41) is 4.23. The summed E-state index contributed by atoms with van der Waals surface area (Å²) in [5.41, 5.74) is 0.541. The number of furan rings is 1. The predicted octanol–water partition coefficient (Wildman–Crippen LogP) is 1.98. The van der Waals surface area contributed by atoms with Gasteiger partial charge in [-0.3, -0.25) is 4.79 Å². The molecule has 4 rings (SSSR count). The molecule has 3 heterocycles. The minimum absolute atomic E-state index is 0.233. The summed E-state index contributed by atoms with van der Waals surface area (Å²) in [4.78, 5) is 17.4. The van der Waals surface area contributed by atoms with Crippen molar-refractivity contribution in [2.24, 2.45) is 0 Å². The Hall–Kier alpha value is -3.13. The Balaban J connectivity index is 1.82. The Morgan fingerprint density at radius 2 is 2.12 bits per heavy atom. The van der Waals surface area contributed by atoms with Gasteiger partial charge in [-0.2, -0.15) is 9.50 Å². The van der Waals surface area contributed by atoms with Gasteiger partial charge in [-0.05, 0) is 30.3 Å². The smallest absolute Gasteiger partial charge is 0.291 e. The van der Waals surface area contributed by atoms with E-state index in [0.29, 0.717) is 32.6 Å². The van der Waals surface area contributed by atoms with Crippen molar-refractivity contribution in [2.75, 3.05) is 14.2 Å². The minimum Gasteiger partial charge on any atom is -0.497 e. The molecule has 126 valence electrons. The molecule has 0 radical (unpaired) electrons. The second-order valence-electron chi connectivity index (χ2n) is 5.13. The van der Waals surface area contributed by atoms with Crippen LogP contribution in [0.3, 0.4) is 0 Å². The van der Waals surface area contributed by atoms with E-state index in [2.05, 4.69) is 10.1 Å². The van der Waals surface area contributed by atoms with Crippen LogP contribution in [0.2, 0.25) is 0 Å². The van der Waals surface area contributed by atoms with Crippen molar-refractivity contribution in [3.05, 3.63) is 57.0 Å². The molecule has 0 N–H and O–H groups in total.